The van der Waals surface area contributed by atoms with E-state index in [1.54, 1.807) is 6.20 Å². The molecule has 2 rings (SSSR count). The Kier molecular flexibility index (Phi) is 2.99. The molecule has 1 aromatic rings. The molecule has 80 valence electrons. The molecule has 1 aromatic heterocycles. The van der Waals surface area contributed by atoms with Crippen LogP contribution in [-0.2, 0) is 11.2 Å². The van der Waals surface area contributed by atoms with E-state index in [-0.39, 0.29) is 11.8 Å². The van der Waals surface area contributed by atoms with E-state index in [4.69, 9.17) is 0 Å². The first-order valence-corrected chi connectivity index (χ1v) is 5.44. The molecule has 15 heavy (non-hydrogen) atoms. The highest BCUT2D eigenvalue weighted by Crippen LogP contribution is 2.37. The second kappa shape index (κ2) is 4.43. The minimum atomic E-state index is 0.214. The lowest BCUT2D eigenvalue weighted by Crippen LogP contribution is -2.27. The summed E-state index contributed by atoms with van der Waals surface area (Å²) >= 11 is 0. The van der Waals surface area contributed by atoms with Crippen molar-refractivity contribution in [2.24, 2.45) is 11.8 Å². The number of aromatic nitrogens is 1. The number of carbonyl (C=O) groups excluding carboxylic acids is 1. The Morgan fingerprint density at radius 2 is 2.47 bits per heavy atom. The zero-order valence-electron chi connectivity index (χ0n) is 8.94. The van der Waals surface area contributed by atoms with Gasteiger partial charge in [-0.15, -0.1) is 0 Å². The smallest absolute Gasteiger partial charge is 0.223 e. The number of carbonyl (C=O) groups is 1. The molecule has 0 bridgehead atoms. The largest absolute Gasteiger partial charge is 0.356 e. The summed E-state index contributed by atoms with van der Waals surface area (Å²) in [4.78, 5) is 15.5. The fourth-order valence-corrected chi connectivity index (χ4v) is 1.69. The third-order valence-electron chi connectivity index (χ3n) is 2.88. The van der Waals surface area contributed by atoms with E-state index < -0.39 is 0 Å². The van der Waals surface area contributed by atoms with Crippen molar-refractivity contribution in [1.82, 2.24) is 10.3 Å². The summed E-state index contributed by atoms with van der Waals surface area (Å²) in [5.74, 6) is 1.08. The van der Waals surface area contributed by atoms with Gasteiger partial charge in [0.1, 0.15) is 0 Å². The van der Waals surface area contributed by atoms with Gasteiger partial charge in [0.15, 0.2) is 0 Å². The first-order valence-electron chi connectivity index (χ1n) is 5.44. The number of nitrogens with one attached hydrogen (secondary N) is 1. The fraction of sp³-hybridized carbons (Fsp3) is 0.500. The Balaban J connectivity index is 1.69. The third-order valence-corrected chi connectivity index (χ3v) is 2.88. The maximum Gasteiger partial charge on any atom is 0.223 e. The molecule has 1 N–H and O–H groups in total. The van der Waals surface area contributed by atoms with Crippen LogP contribution in [0.15, 0.2) is 24.5 Å². The monoisotopic (exact) mass is 204 g/mol. The van der Waals surface area contributed by atoms with Gasteiger partial charge >= 0.3 is 0 Å². The average Bonchev–Trinajstić information content (AvgIpc) is 2.97. The van der Waals surface area contributed by atoms with Crippen molar-refractivity contribution in [2.45, 2.75) is 19.8 Å². The van der Waals surface area contributed by atoms with Gasteiger partial charge in [0.2, 0.25) is 5.91 Å². The van der Waals surface area contributed by atoms with Gasteiger partial charge < -0.3 is 5.32 Å². The van der Waals surface area contributed by atoms with Crippen LogP contribution >= 0.6 is 0 Å². The van der Waals surface area contributed by atoms with Crippen molar-refractivity contribution >= 4 is 5.91 Å². The molecule has 2 atom stereocenters. The normalized spacial score (nSPS) is 23.5. The van der Waals surface area contributed by atoms with Crippen molar-refractivity contribution in [3.8, 4) is 0 Å². The molecule has 1 fully saturated rings. The van der Waals surface area contributed by atoms with Crippen molar-refractivity contribution in [2.75, 3.05) is 6.54 Å². The zero-order chi connectivity index (χ0) is 10.7. The molecule has 0 radical (unpaired) electrons. The van der Waals surface area contributed by atoms with Crippen molar-refractivity contribution in [1.29, 1.82) is 0 Å². The van der Waals surface area contributed by atoms with Gasteiger partial charge in [-0.05, 0) is 30.4 Å². The van der Waals surface area contributed by atoms with Gasteiger partial charge in [0.05, 0.1) is 0 Å². The minimum Gasteiger partial charge on any atom is -0.356 e. The topological polar surface area (TPSA) is 42.0 Å². The van der Waals surface area contributed by atoms with Crippen molar-refractivity contribution in [3.05, 3.63) is 30.1 Å². The number of rotatable bonds is 4. The Hall–Kier alpha value is -1.38. The van der Waals surface area contributed by atoms with Crippen LogP contribution in [0.4, 0.5) is 0 Å². The van der Waals surface area contributed by atoms with Gasteiger partial charge in [-0.25, -0.2) is 0 Å². The van der Waals surface area contributed by atoms with Gasteiger partial charge in [0, 0.05) is 24.9 Å². The molecule has 3 nitrogen and oxygen atoms in total. The lowest BCUT2D eigenvalue weighted by molar-refractivity contribution is -0.122. The first-order chi connectivity index (χ1) is 7.27. The summed E-state index contributed by atoms with van der Waals surface area (Å²) in [6, 6.07) is 3.94. The van der Waals surface area contributed by atoms with E-state index in [1.165, 1.54) is 5.56 Å². The van der Waals surface area contributed by atoms with E-state index >= 15 is 0 Å². The summed E-state index contributed by atoms with van der Waals surface area (Å²) in [6.07, 6.45) is 5.51. The molecular formula is C12H16N2O. The summed E-state index contributed by atoms with van der Waals surface area (Å²) in [5.41, 5.74) is 1.17. The van der Waals surface area contributed by atoms with Gasteiger partial charge in [-0.1, -0.05) is 13.0 Å². The molecule has 1 aliphatic carbocycles. The van der Waals surface area contributed by atoms with E-state index in [1.807, 2.05) is 18.3 Å². The number of pyridine rings is 1. The summed E-state index contributed by atoms with van der Waals surface area (Å²) in [5, 5.41) is 2.96. The average molecular weight is 204 g/mol. The number of amides is 1. The van der Waals surface area contributed by atoms with Gasteiger partial charge in [-0.3, -0.25) is 9.78 Å². The Bertz CT molecular complexity index is 337. The Labute approximate surface area is 89.9 Å². The predicted octanol–water partition coefficient (Wildman–Crippen LogP) is 1.40. The van der Waals surface area contributed by atoms with Gasteiger partial charge in [-0.2, -0.15) is 0 Å². The second-order valence-corrected chi connectivity index (χ2v) is 4.22. The number of nitrogens with zero attached hydrogens (tertiary/aromatic N) is 1. The third kappa shape index (κ3) is 2.78. The molecule has 0 spiro atoms. The summed E-state index contributed by atoms with van der Waals surface area (Å²) in [6.45, 7) is 2.83. The van der Waals surface area contributed by atoms with E-state index in [9.17, 15) is 4.79 Å². The SMILES string of the molecule is CC1CC1C(=O)NCCc1cccnc1. The van der Waals surface area contributed by atoms with Crippen LogP contribution in [0.1, 0.15) is 18.9 Å². The van der Waals surface area contributed by atoms with E-state index in [2.05, 4.69) is 17.2 Å². The Morgan fingerprint density at radius 3 is 3.07 bits per heavy atom. The van der Waals surface area contributed by atoms with Crippen LogP contribution in [0.25, 0.3) is 0 Å². The number of hydrogen-bond acceptors (Lipinski definition) is 2. The maximum atomic E-state index is 11.5. The fourth-order valence-electron chi connectivity index (χ4n) is 1.69. The molecule has 2 unspecified atom stereocenters. The van der Waals surface area contributed by atoms with Crippen LogP contribution in [0, 0.1) is 11.8 Å². The lowest BCUT2D eigenvalue weighted by Gasteiger charge is -2.03. The van der Waals surface area contributed by atoms with Crippen LogP contribution in [0.3, 0.4) is 0 Å². The molecule has 1 saturated carbocycles. The highest BCUT2D eigenvalue weighted by atomic mass is 16.2. The zero-order valence-corrected chi connectivity index (χ0v) is 8.94. The molecule has 0 saturated heterocycles. The lowest BCUT2D eigenvalue weighted by atomic mass is 10.2. The first kappa shape index (κ1) is 10.1. The molecule has 0 aliphatic heterocycles. The van der Waals surface area contributed by atoms with Crippen LogP contribution < -0.4 is 5.32 Å². The predicted molar refractivity (Wildman–Crippen MR) is 58.2 cm³/mol. The quantitative estimate of drug-likeness (QED) is 0.805. The minimum absolute atomic E-state index is 0.214. The molecule has 0 aromatic carbocycles. The maximum absolute atomic E-state index is 11.5. The van der Waals surface area contributed by atoms with E-state index in [0.29, 0.717) is 12.5 Å². The molecular weight excluding hydrogens is 188 g/mol. The second-order valence-electron chi connectivity index (χ2n) is 4.22. The Morgan fingerprint density at radius 1 is 1.67 bits per heavy atom. The van der Waals surface area contributed by atoms with Crippen LogP contribution in [-0.4, -0.2) is 17.4 Å². The summed E-state index contributed by atoms with van der Waals surface area (Å²) < 4.78 is 0. The van der Waals surface area contributed by atoms with E-state index in [0.717, 1.165) is 12.8 Å². The standard InChI is InChI=1S/C12H16N2O/c1-9-7-11(9)12(15)14-6-4-10-3-2-5-13-8-10/h2-3,5,8-9,11H,4,6-7H2,1H3,(H,14,15). The molecule has 1 aliphatic rings. The highest BCUT2D eigenvalue weighted by molar-refractivity contribution is 5.81. The molecule has 1 amide bonds. The number of hydrogen-bond donors (Lipinski definition) is 1. The summed E-state index contributed by atoms with van der Waals surface area (Å²) in [7, 11) is 0. The van der Waals surface area contributed by atoms with Crippen LogP contribution in [0.5, 0.6) is 0 Å². The van der Waals surface area contributed by atoms with Gasteiger partial charge in [0.25, 0.3) is 0 Å². The molecule has 1 heterocycles. The van der Waals surface area contributed by atoms with Crippen molar-refractivity contribution in [3.63, 3.8) is 0 Å². The van der Waals surface area contributed by atoms with Crippen LogP contribution in [0.2, 0.25) is 0 Å². The molecule has 3 heteroatoms. The highest BCUT2D eigenvalue weighted by Gasteiger charge is 2.38. The van der Waals surface area contributed by atoms with Crippen molar-refractivity contribution < 1.29 is 4.79 Å².